The maximum Gasteiger partial charge on any atom is 0.111 e. The molecular weight excluding hydrogens is 252 g/mol. The van der Waals surface area contributed by atoms with Crippen LogP contribution in [0, 0.1) is 5.92 Å². The van der Waals surface area contributed by atoms with Gasteiger partial charge in [-0.1, -0.05) is 45.7 Å². The van der Waals surface area contributed by atoms with Gasteiger partial charge in [0.1, 0.15) is 5.01 Å². The third-order valence-corrected chi connectivity index (χ3v) is 4.93. The fourth-order valence-electron chi connectivity index (χ4n) is 2.51. The van der Waals surface area contributed by atoms with Crippen molar-refractivity contribution in [2.24, 2.45) is 5.92 Å². The van der Waals surface area contributed by atoms with E-state index in [9.17, 15) is 0 Å². The first-order valence-corrected chi connectivity index (χ1v) is 8.18. The zero-order valence-corrected chi connectivity index (χ0v) is 13.0. The Morgan fingerprint density at radius 3 is 2.53 bits per heavy atom. The highest BCUT2D eigenvalue weighted by Gasteiger charge is 2.18. The fourth-order valence-corrected chi connectivity index (χ4v) is 3.57. The maximum atomic E-state index is 4.81. The van der Waals surface area contributed by atoms with Crippen LogP contribution in [0.4, 0.5) is 0 Å². The van der Waals surface area contributed by atoms with Crippen LogP contribution in [0.1, 0.15) is 51.1 Å². The van der Waals surface area contributed by atoms with Gasteiger partial charge in [-0.2, -0.15) is 0 Å². The van der Waals surface area contributed by atoms with Gasteiger partial charge in [-0.25, -0.2) is 4.98 Å². The normalized spacial score (nSPS) is 13.3. The molecule has 1 N–H and O–H groups in total. The Labute approximate surface area is 120 Å². The number of fused-ring (bicyclic) bond motifs is 1. The summed E-state index contributed by atoms with van der Waals surface area (Å²) >= 11 is 1.83. The molecule has 2 aromatic rings. The van der Waals surface area contributed by atoms with Crippen LogP contribution in [-0.2, 0) is 0 Å². The van der Waals surface area contributed by atoms with Crippen LogP contribution in [0.5, 0.6) is 0 Å². The van der Waals surface area contributed by atoms with Crippen LogP contribution >= 0.6 is 11.3 Å². The van der Waals surface area contributed by atoms with E-state index in [-0.39, 0.29) is 0 Å². The second kappa shape index (κ2) is 7.01. The Balaban J connectivity index is 2.22. The summed E-state index contributed by atoms with van der Waals surface area (Å²) in [6, 6.07) is 8.83. The molecule has 0 saturated carbocycles. The van der Waals surface area contributed by atoms with Crippen LogP contribution in [0.2, 0.25) is 0 Å². The molecule has 104 valence electrons. The smallest absolute Gasteiger partial charge is 0.111 e. The summed E-state index contributed by atoms with van der Waals surface area (Å²) in [7, 11) is 0. The van der Waals surface area contributed by atoms with Crippen molar-refractivity contribution in [3.05, 3.63) is 29.3 Å². The Bertz CT molecular complexity index is 469. The number of hydrogen-bond acceptors (Lipinski definition) is 3. The highest BCUT2D eigenvalue weighted by Crippen LogP contribution is 2.31. The van der Waals surface area contributed by atoms with Gasteiger partial charge in [-0.3, -0.25) is 0 Å². The Kier molecular flexibility index (Phi) is 5.34. The van der Waals surface area contributed by atoms with Crippen molar-refractivity contribution < 1.29 is 0 Å². The molecular formula is C16H24N2S. The zero-order chi connectivity index (χ0) is 13.7. The van der Waals surface area contributed by atoms with E-state index >= 15 is 0 Å². The molecule has 19 heavy (non-hydrogen) atoms. The molecule has 0 bridgehead atoms. The Morgan fingerprint density at radius 1 is 1.16 bits per heavy atom. The molecule has 1 atom stereocenters. The van der Waals surface area contributed by atoms with Gasteiger partial charge < -0.3 is 5.32 Å². The van der Waals surface area contributed by atoms with Gasteiger partial charge in [0.05, 0.1) is 16.3 Å². The van der Waals surface area contributed by atoms with Crippen LogP contribution in [0.3, 0.4) is 0 Å². The van der Waals surface area contributed by atoms with E-state index in [1.54, 1.807) is 0 Å². The van der Waals surface area contributed by atoms with E-state index < -0.39 is 0 Å². The minimum atomic E-state index is 0.410. The molecule has 1 unspecified atom stereocenters. The minimum Gasteiger partial charge on any atom is -0.308 e. The maximum absolute atomic E-state index is 4.81. The second-order valence-corrected chi connectivity index (χ2v) is 6.11. The minimum absolute atomic E-state index is 0.410. The predicted octanol–water partition coefficient (Wildman–Crippen LogP) is 4.77. The number of nitrogens with zero attached hydrogens (tertiary/aromatic N) is 1. The van der Waals surface area contributed by atoms with E-state index in [4.69, 9.17) is 4.98 Å². The lowest BCUT2D eigenvalue weighted by Gasteiger charge is -2.20. The average Bonchev–Trinajstić information content (AvgIpc) is 2.87. The molecule has 0 aliphatic rings. The highest BCUT2D eigenvalue weighted by molar-refractivity contribution is 7.18. The molecule has 1 aromatic carbocycles. The first kappa shape index (κ1) is 14.5. The summed E-state index contributed by atoms with van der Waals surface area (Å²) in [5.41, 5.74) is 1.13. The van der Waals surface area contributed by atoms with Crippen molar-refractivity contribution in [1.82, 2.24) is 10.3 Å². The van der Waals surface area contributed by atoms with Crippen LogP contribution in [0.25, 0.3) is 10.2 Å². The molecule has 0 amide bonds. The average molecular weight is 276 g/mol. The van der Waals surface area contributed by atoms with Crippen LogP contribution in [0.15, 0.2) is 24.3 Å². The van der Waals surface area contributed by atoms with Gasteiger partial charge in [0.25, 0.3) is 0 Å². The van der Waals surface area contributed by atoms with Crippen molar-refractivity contribution in [2.45, 2.75) is 46.1 Å². The number of hydrogen-bond donors (Lipinski definition) is 1. The van der Waals surface area contributed by atoms with E-state index in [1.807, 2.05) is 11.3 Å². The van der Waals surface area contributed by atoms with Gasteiger partial charge in [0, 0.05) is 0 Å². The van der Waals surface area contributed by atoms with Crippen molar-refractivity contribution in [1.29, 1.82) is 0 Å². The predicted molar refractivity (Wildman–Crippen MR) is 84.7 cm³/mol. The summed E-state index contributed by atoms with van der Waals surface area (Å²) in [6.45, 7) is 7.75. The lowest BCUT2D eigenvalue weighted by atomic mass is 9.95. The first-order valence-electron chi connectivity index (χ1n) is 7.37. The van der Waals surface area contributed by atoms with Gasteiger partial charge >= 0.3 is 0 Å². The van der Waals surface area contributed by atoms with Crippen molar-refractivity contribution in [3.63, 3.8) is 0 Å². The van der Waals surface area contributed by atoms with Gasteiger partial charge in [0.2, 0.25) is 0 Å². The summed E-state index contributed by atoms with van der Waals surface area (Å²) < 4.78 is 1.30. The van der Waals surface area contributed by atoms with Crippen molar-refractivity contribution in [2.75, 3.05) is 6.54 Å². The molecule has 0 spiro atoms. The van der Waals surface area contributed by atoms with E-state index in [2.05, 4.69) is 50.4 Å². The first-order chi connectivity index (χ1) is 9.28. The van der Waals surface area contributed by atoms with Crippen molar-refractivity contribution in [3.8, 4) is 0 Å². The Hall–Kier alpha value is -0.930. The molecule has 0 fully saturated rings. The number of nitrogens with one attached hydrogen (secondary N) is 1. The molecule has 0 saturated heterocycles. The van der Waals surface area contributed by atoms with Crippen LogP contribution in [-0.4, -0.2) is 11.5 Å². The number of para-hydroxylation sites is 1. The lowest BCUT2D eigenvalue weighted by Crippen LogP contribution is -2.23. The van der Waals surface area contributed by atoms with E-state index in [1.165, 1.54) is 29.0 Å². The van der Waals surface area contributed by atoms with Gasteiger partial charge in [-0.15, -0.1) is 11.3 Å². The third kappa shape index (κ3) is 3.54. The number of thiazole rings is 1. The fraction of sp³-hybridized carbons (Fsp3) is 0.562. The summed E-state index contributed by atoms with van der Waals surface area (Å²) in [5, 5.41) is 4.85. The highest BCUT2D eigenvalue weighted by atomic mass is 32.1. The largest absolute Gasteiger partial charge is 0.308 e. The molecule has 0 radical (unpaired) electrons. The lowest BCUT2D eigenvalue weighted by molar-refractivity contribution is 0.375. The molecule has 1 heterocycles. The van der Waals surface area contributed by atoms with Gasteiger partial charge in [-0.05, 0) is 31.0 Å². The third-order valence-electron chi connectivity index (χ3n) is 3.78. The zero-order valence-electron chi connectivity index (χ0n) is 12.1. The summed E-state index contributed by atoms with van der Waals surface area (Å²) in [4.78, 5) is 4.81. The van der Waals surface area contributed by atoms with E-state index in [0.717, 1.165) is 18.0 Å². The van der Waals surface area contributed by atoms with E-state index in [0.29, 0.717) is 6.04 Å². The topological polar surface area (TPSA) is 24.9 Å². The number of aromatic nitrogens is 1. The van der Waals surface area contributed by atoms with Gasteiger partial charge in [0.15, 0.2) is 0 Å². The molecule has 0 aliphatic heterocycles. The quantitative estimate of drug-likeness (QED) is 0.787. The second-order valence-electron chi connectivity index (χ2n) is 5.05. The molecule has 3 heteroatoms. The summed E-state index contributed by atoms with van der Waals surface area (Å²) in [5.74, 6) is 0.788. The Morgan fingerprint density at radius 2 is 1.89 bits per heavy atom. The molecule has 2 rings (SSSR count). The molecule has 1 aromatic heterocycles. The van der Waals surface area contributed by atoms with Crippen LogP contribution < -0.4 is 5.32 Å². The molecule has 0 aliphatic carbocycles. The number of benzene rings is 1. The SMILES string of the molecule is CCNC(CC(CC)CC)c1nc2ccccc2s1. The number of rotatable bonds is 7. The standard InChI is InChI=1S/C16H24N2S/c1-4-12(5-2)11-14(17-6-3)16-18-13-9-7-8-10-15(13)19-16/h7-10,12,14,17H,4-6,11H2,1-3H3. The molecule has 2 nitrogen and oxygen atoms in total. The van der Waals surface area contributed by atoms with Crippen molar-refractivity contribution >= 4 is 21.6 Å². The monoisotopic (exact) mass is 276 g/mol. The summed E-state index contributed by atoms with van der Waals surface area (Å²) in [6.07, 6.45) is 3.70.